The Bertz CT molecular complexity index is 441. The minimum atomic E-state index is -0.432. The van der Waals surface area contributed by atoms with Crippen LogP contribution < -0.4 is 0 Å². The van der Waals surface area contributed by atoms with Crippen molar-refractivity contribution in [3.8, 4) is 0 Å². The maximum atomic E-state index is 12.0. The molecule has 1 aromatic carbocycles. The van der Waals surface area contributed by atoms with Crippen molar-refractivity contribution in [3.63, 3.8) is 0 Å². The highest BCUT2D eigenvalue weighted by Gasteiger charge is 2.17. The predicted molar refractivity (Wildman–Crippen MR) is 74.5 cm³/mol. The SMILES string of the molecule is CCOC(=O)c1ccc(CC)cc1C(=O)CCBr. The van der Waals surface area contributed by atoms with Gasteiger partial charge >= 0.3 is 5.97 Å². The molecule has 0 aliphatic heterocycles. The number of hydrogen-bond donors (Lipinski definition) is 0. The summed E-state index contributed by atoms with van der Waals surface area (Å²) in [5.74, 6) is -0.469. The molecule has 18 heavy (non-hydrogen) atoms. The number of ketones is 1. The number of hydrogen-bond acceptors (Lipinski definition) is 3. The van der Waals surface area contributed by atoms with Gasteiger partial charge in [0.15, 0.2) is 5.78 Å². The van der Waals surface area contributed by atoms with E-state index in [-0.39, 0.29) is 5.78 Å². The standard InChI is InChI=1S/C14H17BrO3/c1-3-10-5-6-11(14(17)18-4-2)12(9-10)13(16)7-8-15/h5-6,9H,3-4,7-8H2,1-2H3. The number of ether oxygens (including phenoxy) is 1. The minimum Gasteiger partial charge on any atom is -0.462 e. The van der Waals surface area contributed by atoms with E-state index in [1.807, 2.05) is 13.0 Å². The number of rotatable bonds is 6. The zero-order valence-corrected chi connectivity index (χ0v) is 12.2. The first kappa shape index (κ1) is 14.9. The van der Waals surface area contributed by atoms with Crippen LogP contribution in [-0.4, -0.2) is 23.7 Å². The van der Waals surface area contributed by atoms with E-state index in [0.29, 0.717) is 29.5 Å². The maximum Gasteiger partial charge on any atom is 0.338 e. The van der Waals surface area contributed by atoms with E-state index >= 15 is 0 Å². The highest BCUT2D eigenvalue weighted by Crippen LogP contribution is 2.16. The molecule has 0 N–H and O–H groups in total. The topological polar surface area (TPSA) is 43.4 Å². The van der Waals surface area contributed by atoms with Crippen LogP contribution in [0.3, 0.4) is 0 Å². The lowest BCUT2D eigenvalue weighted by Crippen LogP contribution is -2.12. The van der Waals surface area contributed by atoms with Crippen LogP contribution >= 0.6 is 15.9 Å². The van der Waals surface area contributed by atoms with Gasteiger partial charge in [-0.3, -0.25) is 4.79 Å². The molecule has 0 saturated heterocycles. The third-order valence-corrected chi connectivity index (χ3v) is 3.01. The van der Waals surface area contributed by atoms with Gasteiger partial charge in [0.25, 0.3) is 0 Å². The van der Waals surface area contributed by atoms with Gasteiger partial charge in [0.2, 0.25) is 0 Å². The number of benzene rings is 1. The number of halogens is 1. The minimum absolute atomic E-state index is 0.0368. The van der Waals surface area contributed by atoms with E-state index < -0.39 is 5.97 Å². The summed E-state index contributed by atoms with van der Waals surface area (Å²) in [6.07, 6.45) is 1.21. The fraction of sp³-hybridized carbons (Fsp3) is 0.429. The normalized spacial score (nSPS) is 10.2. The highest BCUT2D eigenvalue weighted by molar-refractivity contribution is 9.09. The van der Waals surface area contributed by atoms with E-state index in [4.69, 9.17) is 4.74 Å². The Labute approximate surface area is 116 Å². The molecule has 0 unspecified atom stereocenters. The molecular formula is C14H17BrO3. The van der Waals surface area contributed by atoms with Crippen LogP contribution in [0.4, 0.5) is 0 Å². The third kappa shape index (κ3) is 3.67. The molecule has 3 nitrogen and oxygen atoms in total. The maximum absolute atomic E-state index is 12.0. The number of alkyl halides is 1. The van der Waals surface area contributed by atoms with Crippen molar-refractivity contribution in [2.45, 2.75) is 26.7 Å². The summed E-state index contributed by atoms with van der Waals surface area (Å²) in [4.78, 5) is 23.8. The van der Waals surface area contributed by atoms with E-state index in [1.54, 1.807) is 19.1 Å². The molecule has 0 amide bonds. The molecular weight excluding hydrogens is 296 g/mol. The smallest absolute Gasteiger partial charge is 0.338 e. The van der Waals surface area contributed by atoms with Gasteiger partial charge in [0.1, 0.15) is 0 Å². The van der Waals surface area contributed by atoms with Gasteiger partial charge in [-0.25, -0.2) is 4.79 Å². The lowest BCUT2D eigenvalue weighted by atomic mass is 9.98. The van der Waals surface area contributed by atoms with Gasteiger partial charge in [-0.15, -0.1) is 0 Å². The second kappa shape index (κ2) is 7.31. The van der Waals surface area contributed by atoms with Gasteiger partial charge < -0.3 is 4.74 Å². The largest absolute Gasteiger partial charge is 0.462 e. The first-order valence-corrected chi connectivity index (χ1v) is 7.15. The molecule has 0 saturated carbocycles. The zero-order chi connectivity index (χ0) is 13.5. The monoisotopic (exact) mass is 312 g/mol. The van der Waals surface area contributed by atoms with Gasteiger partial charge in [0, 0.05) is 17.3 Å². The molecule has 0 fully saturated rings. The molecule has 0 radical (unpaired) electrons. The molecule has 0 atom stereocenters. The molecule has 1 rings (SSSR count). The Morgan fingerprint density at radius 3 is 2.50 bits per heavy atom. The van der Waals surface area contributed by atoms with Crippen molar-refractivity contribution in [2.75, 3.05) is 11.9 Å². The summed E-state index contributed by atoms with van der Waals surface area (Å²) in [7, 11) is 0. The lowest BCUT2D eigenvalue weighted by Gasteiger charge is -2.09. The van der Waals surface area contributed by atoms with Crippen LogP contribution in [0, 0.1) is 0 Å². The third-order valence-electron chi connectivity index (χ3n) is 2.61. The Morgan fingerprint density at radius 2 is 1.94 bits per heavy atom. The number of esters is 1. The van der Waals surface area contributed by atoms with Gasteiger partial charge in [-0.2, -0.15) is 0 Å². The summed E-state index contributed by atoms with van der Waals surface area (Å²) < 4.78 is 4.97. The van der Waals surface area contributed by atoms with Gasteiger partial charge in [-0.1, -0.05) is 28.9 Å². The summed E-state index contributed by atoms with van der Waals surface area (Å²) in [5.41, 5.74) is 1.87. The number of carbonyl (C=O) groups excluding carboxylic acids is 2. The summed E-state index contributed by atoms with van der Waals surface area (Å²) in [6, 6.07) is 5.33. The van der Waals surface area contributed by atoms with Crippen LogP contribution in [0.25, 0.3) is 0 Å². The number of Topliss-reactive ketones (excluding diaryl/α,β-unsaturated/α-hetero) is 1. The zero-order valence-electron chi connectivity index (χ0n) is 10.7. The highest BCUT2D eigenvalue weighted by atomic mass is 79.9. The molecule has 0 spiro atoms. The first-order chi connectivity index (χ1) is 8.63. The molecule has 0 heterocycles. The second-order valence-corrected chi connectivity index (χ2v) is 4.61. The van der Waals surface area contributed by atoms with E-state index in [1.165, 1.54) is 0 Å². The van der Waals surface area contributed by atoms with Crippen molar-refractivity contribution in [1.82, 2.24) is 0 Å². The molecule has 4 heteroatoms. The Kier molecular flexibility index (Phi) is 6.05. The van der Waals surface area contributed by atoms with Crippen molar-refractivity contribution in [3.05, 3.63) is 34.9 Å². The van der Waals surface area contributed by atoms with Crippen molar-refractivity contribution >= 4 is 27.7 Å². The first-order valence-electron chi connectivity index (χ1n) is 6.03. The number of aryl methyl sites for hydroxylation is 1. The van der Waals surface area contributed by atoms with Crippen LogP contribution in [-0.2, 0) is 11.2 Å². The summed E-state index contributed by atoms with van der Waals surface area (Å²) in [6.45, 7) is 4.07. The van der Waals surface area contributed by atoms with Crippen LogP contribution in [0.5, 0.6) is 0 Å². The average Bonchev–Trinajstić information content (AvgIpc) is 2.38. The molecule has 98 valence electrons. The fourth-order valence-electron chi connectivity index (χ4n) is 1.65. The quantitative estimate of drug-likeness (QED) is 0.459. The lowest BCUT2D eigenvalue weighted by molar-refractivity contribution is 0.0523. The molecule has 0 aromatic heterocycles. The van der Waals surface area contributed by atoms with Crippen molar-refractivity contribution in [2.24, 2.45) is 0 Å². The Morgan fingerprint density at radius 1 is 1.22 bits per heavy atom. The van der Waals surface area contributed by atoms with E-state index in [0.717, 1.165) is 12.0 Å². The second-order valence-electron chi connectivity index (χ2n) is 3.82. The van der Waals surface area contributed by atoms with Crippen molar-refractivity contribution in [1.29, 1.82) is 0 Å². The Hall–Kier alpha value is -1.16. The summed E-state index contributed by atoms with van der Waals surface area (Å²) in [5, 5.41) is 0.588. The molecule has 0 aliphatic rings. The van der Waals surface area contributed by atoms with Gasteiger partial charge in [0.05, 0.1) is 12.2 Å². The van der Waals surface area contributed by atoms with Crippen LogP contribution in [0.1, 0.15) is 46.5 Å². The van der Waals surface area contributed by atoms with Crippen LogP contribution in [0.2, 0.25) is 0 Å². The summed E-state index contributed by atoms with van der Waals surface area (Å²) >= 11 is 3.24. The Balaban J connectivity index is 3.15. The van der Waals surface area contributed by atoms with Crippen molar-refractivity contribution < 1.29 is 14.3 Å². The van der Waals surface area contributed by atoms with E-state index in [9.17, 15) is 9.59 Å². The molecule has 1 aromatic rings. The van der Waals surface area contributed by atoms with E-state index in [2.05, 4.69) is 15.9 Å². The number of carbonyl (C=O) groups is 2. The predicted octanol–water partition coefficient (Wildman–Crippen LogP) is 3.39. The van der Waals surface area contributed by atoms with Crippen LogP contribution in [0.15, 0.2) is 18.2 Å². The molecule has 0 bridgehead atoms. The van der Waals surface area contributed by atoms with Gasteiger partial charge in [-0.05, 0) is 31.0 Å². The average molecular weight is 313 g/mol. The fourth-order valence-corrected chi connectivity index (χ4v) is 2.01. The molecule has 0 aliphatic carbocycles.